The standard InChI is InChI=1S/C25H25FN4O5S/c1-4-11-36(32,33)35-19-8-5-17(6-9-19)25(23(31)30(2)24(27)29-25)18-7-10-22(26)21(13-18)16-12-20(34-3)15-28-14-16/h5-10,12-15H,4,11H2,1-3H3,(H2,27,29). The maximum Gasteiger partial charge on any atom is 0.309 e. The molecule has 9 nitrogen and oxygen atoms in total. The Morgan fingerprint density at radius 3 is 2.36 bits per heavy atom. The van der Waals surface area contributed by atoms with Crippen molar-refractivity contribution in [1.29, 1.82) is 0 Å². The second-order valence-corrected chi connectivity index (χ2v) is 9.91. The van der Waals surface area contributed by atoms with Gasteiger partial charge in [-0.2, -0.15) is 8.42 Å². The fourth-order valence-corrected chi connectivity index (χ4v) is 5.01. The number of aromatic nitrogens is 1. The van der Waals surface area contributed by atoms with Crippen LogP contribution in [0, 0.1) is 5.82 Å². The summed E-state index contributed by atoms with van der Waals surface area (Å²) in [7, 11) is -0.765. The van der Waals surface area contributed by atoms with Gasteiger partial charge in [0, 0.05) is 24.4 Å². The summed E-state index contributed by atoms with van der Waals surface area (Å²) in [5.41, 5.74) is 5.83. The van der Waals surface area contributed by atoms with E-state index in [9.17, 15) is 17.6 Å². The van der Waals surface area contributed by atoms with Crippen LogP contribution in [0.1, 0.15) is 24.5 Å². The third-order valence-electron chi connectivity index (χ3n) is 5.83. The van der Waals surface area contributed by atoms with Crippen molar-refractivity contribution < 1.29 is 26.5 Å². The van der Waals surface area contributed by atoms with E-state index in [4.69, 9.17) is 14.7 Å². The number of ether oxygens (including phenoxy) is 1. The molecule has 1 atom stereocenters. The maximum atomic E-state index is 14.9. The molecule has 0 bridgehead atoms. The van der Waals surface area contributed by atoms with E-state index < -0.39 is 27.4 Å². The summed E-state index contributed by atoms with van der Waals surface area (Å²) in [5, 5.41) is 0. The highest BCUT2D eigenvalue weighted by Gasteiger charge is 2.49. The highest BCUT2D eigenvalue weighted by atomic mass is 32.2. The molecule has 11 heteroatoms. The van der Waals surface area contributed by atoms with Gasteiger partial charge in [-0.1, -0.05) is 25.1 Å². The molecule has 2 heterocycles. The van der Waals surface area contributed by atoms with Crippen LogP contribution in [-0.2, 0) is 20.5 Å². The van der Waals surface area contributed by atoms with E-state index in [1.165, 1.54) is 61.8 Å². The highest BCUT2D eigenvalue weighted by molar-refractivity contribution is 7.87. The van der Waals surface area contributed by atoms with Gasteiger partial charge in [-0.25, -0.2) is 9.38 Å². The number of likely N-dealkylation sites (N-methyl/N-ethyl adjacent to an activating group) is 1. The van der Waals surface area contributed by atoms with E-state index >= 15 is 0 Å². The third-order valence-corrected chi connectivity index (χ3v) is 7.19. The Balaban J connectivity index is 1.84. The van der Waals surface area contributed by atoms with Crippen molar-refractivity contribution in [1.82, 2.24) is 9.88 Å². The minimum Gasteiger partial charge on any atom is -0.495 e. The number of nitrogens with zero attached hydrogens (tertiary/aromatic N) is 3. The van der Waals surface area contributed by atoms with E-state index in [-0.39, 0.29) is 23.0 Å². The molecule has 1 amide bonds. The van der Waals surface area contributed by atoms with Crippen LogP contribution >= 0.6 is 0 Å². The number of halogens is 1. The van der Waals surface area contributed by atoms with E-state index in [1.54, 1.807) is 25.1 Å². The third kappa shape index (κ3) is 4.49. The van der Waals surface area contributed by atoms with Crippen LogP contribution in [0.15, 0.2) is 65.9 Å². The van der Waals surface area contributed by atoms with Crippen LogP contribution in [0.2, 0.25) is 0 Å². The minimum absolute atomic E-state index is 0.0141. The highest BCUT2D eigenvalue weighted by Crippen LogP contribution is 2.41. The zero-order valence-electron chi connectivity index (χ0n) is 19.9. The number of guanidine groups is 1. The van der Waals surface area contributed by atoms with Gasteiger partial charge >= 0.3 is 10.1 Å². The fourth-order valence-electron chi connectivity index (χ4n) is 4.02. The van der Waals surface area contributed by atoms with Crippen molar-refractivity contribution in [2.24, 2.45) is 10.7 Å². The normalized spacial score (nSPS) is 17.7. The summed E-state index contributed by atoms with van der Waals surface area (Å²) in [6, 6.07) is 11.8. The van der Waals surface area contributed by atoms with E-state index in [1.807, 2.05) is 0 Å². The van der Waals surface area contributed by atoms with Crippen molar-refractivity contribution in [3.63, 3.8) is 0 Å². The first-order valence-electron chi connectivity index (χ1n) is 11.1. The predicted molar refractivity (Wildman–Crippen MR) is 133 cm³/mol. The number of rotatable bonds is 8. The molecule has 0 fully saturated rings. The van der Waals surface area contributed by atoms with Crippen molar-refractivity contribution in [3.05, 3.63) is 77.9 Å². The molecule has 2 aromatic carbocycles. The van der Waals surface area contributed by atoms with Gasteiger partial charge in [0.1, 0.15) is 17.3 Å². The number of methoxy groups -OCH3 is 1. The summed E-state index contributed by atoms with van der Waals surface area (Å²) in [5.74, 6) is -0.571. The Hall–Kier alpha value is -3.99. The van der Waals surface area contributed by atoms with Crippen LogP contribution in [0.5, 0.6) is 11.5 Å². The lowest BCUT2D eigenvalue weighted by molar-refractivity contribution is -0.129. The molecule has 2 N–H and O–H groups in total. The van der Waals surface area contributed by atoms with Crippen LogP contribution in [0.3, 0.4) is 0 Å². The number of pyridine rings is 1. The molecule has 4 rings (SSSR count). The molecule has 0 radical (unpaired) electrons. The number of hydrogen-bond acceptors (Lipinski definition) is 8. The SMILES string of the molecule is CCCS(=O)(=O)Oc1ccc(C2(c3ccc(F)c(-c4cncc(OC)c4)c3)N=C(N)N(C)C2=O)cc1. The van der Waals surface area contributed by atoms with Crippen molar-refractivity contribution in [2.45, 2.75) is 18.9 Å². The number of aliphatic imine (C=N–C) groups is 1. The molecule has 1 unspecified atom stereocenters. The molecule has 188 valence electrons. The minimum atomic E-state index is -3.74. The number of carbonyl (C=O) groups excluding carboxylic acids is 1. The van der Waals surface area contributed by atoms with Gasteiger partial charge in [0.15, 0.2) is 11.5 Å². The average Bonchev–Trinajstić information content (AvgIpc) is 3.09. The summed E-state index contributed by atoms with van der Waals surface area (Å²) >= 11 is 0. The monoisotopic (exact) mass is 512 g/mol. The van der Waals surface area contributed by atoms with E-state index in [0.29, 0.717) is 28.9 Å². The molecule has 1 aliphatic rings. The fraction of sp³-hybridized carbons (Fsp3) is 0.240. The Morgan fingerprint density at radius 2 is 1.75 bits per heavy atom. The Kier molecular flexibility index (Phi) is 6.68. The quantitative estimate of drug-likeness (QED) is 0.460. The molecule has 1 aromatic heterocycles. The largest absolute Gasteiger partial charge is 0.495 e. The maximum absolute atomic E-state index is 14.9. The summed E-state index contributed by atoms with van der Waals surface area (Å²) in [4.78, 5) is 23.4. The Bertz CT molecular complexity index is 1440. The molecule has 0 spiro atoms. The first-order valence-corrected chi connectivity index (χ1v) is 12.6. The molecule has 1 aliphatic heterocycles. The number of nitrogens with two attached hydrogens (primary N) is 1. The molecule has 0 saturated heterocycles. The Morgan fingerprint density at radius 1 is 1.06 bits per heavy atom. The first kappa shape index (κ1) is 25.1. The predicted octanol–water partition coefficient (Wildman–Crippen LogP) is 3.05. The lowest BCUT2D eigenvalue weighted by atomic mass is 9.81. The molecular weight excluding hydrogens is 487 g/mol. The van der Waals surface area contributed by atoms with Gasteiger partial charge < -0.3 is 14.7 Å². The van der Waals surface area contributed by atoms with Gasteiger partial charge in [-0.05, 0) is 47.9 Å². The summed E-state index contributed by atoms with van der Waals surface area (Å²) in [6.45, 7) is 1.73. The average molecular weight is 513 g/mol. The number of amides is 1. The van der Waals surface area contributed by atoms with Crippen molar-refractivity contribution in [2.75, 3.05) is 19.9 Å². The van der Waals surface area contributed by atoms with Gasteiger partial charge in [-0.3, -0.25) is 14.7 Å². The van der Waals surface area contributed by atoms with Gasteiger partial charge in [0.25, 0.3) is 5.91 Å². The van der Waals surface area contributed by atoms with E-state index in [2.05, 4.69) is 9.98 Å². The van der Waals surface area contributed by atoms with Gasteiger partial charge in [0.05, 0.1) is 19.1 Å². The molecule has 3 aromatic rings. The second-order valence-electron chi connectivity index (χ2n) is 8.22. The van der Waals surface area contributed by atoms with Gasteiger partial charge in [-0.15, -0.1) is 0 Å². The topological polar surface area (TPSA) is 124 Å². The zero-order valence-corrected chi connectivity index (χ0v) is 20.8. The molecule has 0 saturated carbocycles. The van der Waals surface area contributed by atoms with Crippen LogP contribution in [0.25, 0.3) is 11.1 Å². The first-order chi connectivity index (χ1) is 17.1. The molecule has 0 aliphatic carbocycles. The van der Waals surface area contributed by atoms with Crippen molar-refractivity contribution >= 4 is 22.0 Å². The van der Waals surface area contributed by atoms with Gasteiger partial charge in [0.2, 0.25) is 0 Å². The molecular formula is C25H25FN4O5S. The lowest BCUT2D eigenvalue weighted by Gasteiger charge is -2.27. The van der Waals surface area contributed by atoms with E-state index in [0.717, 1.165) is 0 Å². The zero-order chi connectivity index (χ0) is 26.1. The van der Waals surface area contributed by atoms with Crippen LogP contribution < -0.4 is 14.7 Å². The summed E-state index contributed by atoms with van der Waals surface area (Å²) in [6.07, 6.45) is 3.39. The second kappa shape index (κ2) is 9.57. The Labute approximate surface area is 208 Å². The number of hydrogen-bond donors (Lipinski definition) is 1. The summed E-state index contributed by atoms with van der Waals surface area (Å²) < 4.78 is 49.3. The molecule has 36 heavy (non-hydrogen) atoms. The van der Waals surface area contributed by atoms with Crippen LogP contribution in [-0.4, -0.2) is 50.1 Å². The smallest absolute Gasteiger partial charge is 0.309 e. The number of benzene rings is 2. The van der Waals surface area contributed by atoms with Crippen molar-refractivity contribution in [3.8, 4) is 22.6 Å². The van der Waals surface area contributed by atoms with Crippen LogP contribution in [0.4, 0.5) is 4.39 Å². The lowest BCUT2D eigenvalue weighted by Crippen LogP contribution is -2.41. The number of carbonyl (C=O) groups is 1.